The van der Waals surface area contributed by atoms with Crippen molar-refractivity contribution in [1.29, 1.82) is 0 Å². The molecule has 15 heavy (non-hydrogen) atoms. The number of carbonyl (C=O) groups is 1. The highest BCUT2D eigenvalue weighted by atomic mass is 79.9. The van der Waals surface area contributed by atoms with Crippen molar-refractivity contribution < 1.29 is 9.90 Å². The Kier molecular flexibility index (Phi) is 2.34. The number of aromatic nitrogens is 1. The molecule has 0 radical (unpaired) electrons. The summed E-state index contributed by atoms with van der Waals surface area (Å²) in [7, 11) is 0. The fourth-order valence-electron chi connectivity index (χ4n) is 2.29. The van der Waals surface area contributed by atoms with E-state index in [1.807, 2.05) is 26.0 Å². The normalized spacial score (nSPS) is 27.4. The lowest BCUT2D eigenvalue weighted by molar-refractivity contribution is -0.139. The first kappa shape index (κ1) is 10.6. The van der Waals surface area contributed by atoms with Gasteiger partial charge in [0, 0.05) is 12.1 Å². The van der Waals surface area contributed by atoms with E-state index < -0.39 is 5.97 Å². The lowest BCUT2D eigenvalue weighted by Crippen LogP contribution is -2.03. The predicted molar refractivity (Wildman–Crippen MR) is 59.6 cm³/mol. The molecule has 1 N–H and O–H groups in total. The Balaban J connectivity index is 2.27. The van der Waals surface area contributed by atoms with Crippen molar-refractivity contribution in [1.82, 2.24) is 4.98 Å². The number of pyridine rings is 1. The topological polar surface area (TPSA) is 50.2 Å². The van der Waals surface area contributed by atoms with Crippen molar-refractivity contribution in [3.05, 3.63) is 28.5 Å². The van der Waals surface area contributed by atoms with Gasteiger partial charge >= 0.3 is 5.97 Å². The van der Waals surface area contributed by atoms with Crippen molar-refractivity contribution in [2.24, 2.45) is 11.3 Å². The summed E-state index contributed by atoms with van der Waals surface area (Å²) in [5, 5.41) is 9.05. The molecule has 1 heterocycles. The minimum atomic E-state index is -0.715. The standard InChI is InChI=1S/C11H12BrNO2/c1-11(2)8(9(11)10(14)15)6-3-4-7(12)13-5-6/h3-5,8-9H,1-2H3,(H,14,15). The zero-order chi connectivity index (χ0) is 11.2. The maximum atomic E-state index is 11.0. The van der Waals surface area contributed by atoms with Gasteiger partial charge in [-0.05, 0) is 33.0 Å². The van der Waals surface area contributed by atoms with Gasteiger partial charge in [0.15, 0.2) is 0 Å². The van der Waals surface area contributed by atoms with Crippen LogP contribution in [0.3, 0.4) is 0 Å². The number of rotatable bonds is 2. The van der Waals surface area contributed by atoms with Crippen LogP contribution in [0, 0.1) is 11.3 Å². The molecule has 2 rings (SSSR count). The van der Waals surface area contributed by atoms with Crippen LogP contribution in [0.4, 0.5) is 0 Å². The Morgan fingerprint density at radius 3 is 2.60 bits per heavy atom. The van der Waals surface area contributed by atoms with Crippen LogP contribution in [-0.2, 0) is 4.79 Å². The average Bonchev–Trinajstić information content (AvgIpc) is 2.70. The van der Waals surface area contributed by atoms with E-state index in [0.717, 1.165) is 10.2 Å². The molecular formula is C11H12BrNO2. The molecule has 0 amide bonds. The first-order valence-corrected chi connectivity index (χ1v) is 5.58. The molecule has 3 nitrogen and oxygen atoms in total. The SMILES string of the molecule is CC1(C)C(C(=O)O)C1c1ccc(Br)nc1. The van der Waals surface area contributed by atoms with Gasteiger partial charge in [-0.25, -0.2) is 4.98 Å². The first-order chi connectivity index (χ1) is 6.94. The fourth-order valence-corrected chi connectivity index (χ4v) is 2.53. The molecule has 0 aliphatic heterocycles. The number of carboxylic acids is 1. The highest BCUT2D eigenvalue weighted by Crippen LogP contribution is 2.64. The Hall–Kier alpha value is -0.900. The Morgan fingerprint density at radius 2 is 2.20 bits per heavy atom. The highest BCUT2D eigenvalue weighted by molar-refractivity contribution is 9.10. The Labute approximate surface area is 96.7 Å². The first-order valence-electron chi connectivity index (χ1n) is 4.79. The predicted octanol–water partition coefficient (Wildman–Crippen LogP) is 2.67. The molecule has 1 aliphatic rings. The number of hydrogen-bond acceptors (Lipinski definition) is 2. The third kappa shape index (κ3) is 1.67. The fraction of sp³-hybridized carbons (Fsp3) is 0.455. The zero-order valence-corrected chi connectivity index (χ0v) is 10.2. The highest BCUT2D eigenvalue weighted by Gasteiger charge is 2.62. The van der Waals surface area contributed by atoms with Gasteiger partial charge < -0.3 is 5.11 Å². The third-order valence-electron chi connectivity index (χ3n) is 3.20. The van der Waals surface area contributed by atoms with E-state index in [4.69, 9.17) is 5.11 Å². The number of halogens is 1. The van der Waals surface area contributed by atoms with Gasteiger partial charge in [-0.3, -0.25) is 4.79 Å². The maximum Gasteiger partial charge on any atom is 0.307 e. The summed E-state index contributed by atoms with van der Waals surface area (Å²) >= 11 is 3.26. The Morgan fingerprint density at radius 1 is 1.53 bits per heavy atom. The van der Waals surface area contributed by atoms with Crippen LogP contribution in [0.2, 0.25) is 0 Å². The second-order valence-corrected chi connectivity index (χ2v) is 5.34. The summed E-state index contributed by atoms with van der Waals surface area (Å²) in [6.45, 7) is 3.97. The van der Waals surface area contributed by atoms with E-state index in [1.54, 1.807) is 6.20 Å². The molecule has 2 atom stereocenters. The second-order valence-electron chi connectivity index (χ2n) is 4.53. The number of nitrogens with zero attached hydrogens (tertiary/aromatic N) is 1. The van der Waals surface area contributed by atoms with Crippen LogP contribution >= 0.6 is 15.9 Å². The van der Waals surface area contributed by atoms with Gasteiger partial charge in [-0.2, -0.15) is 0 Å². The molecule has 0 aromatic carbocycles. The smallest absolute Gasteiger partial charge is 0.307 e. The summed E-state index contributed by atoms with van der Waals surface area (Å²) in [4.78, 5) is 15.1. The minimum absolute atomic E-state index is 0.0931. The van der Waals surface area contributed by atoms with Crippen LogP contribution in [0.1, 0.15) is 25.3 Å². The summed E-state index contributed by atoms with van der Waals surface area (Å²) in [5.41, 5.74) is 0.858. The van der Waals surface area contributed by atoms with Gasteiger partial charge in [0.2, 0.25) is 0 Å². The lowest BCUT2D eigenvalue weighted by atomic mass is 10.1. The molecule has 1 saturated carbocycles. The van der Waals surface area contributed by atoms with E-state index in [1.165, 1.54) is 0 Å². The van der Waals surface area contributed by atoms with Gasteiger partial charge in [0.25, 0.3) is 0 Å². The monoisotopic (exact) mass is 269 g/mol. The van der Waals surface area contributed by atoms with Crippen LogP contribution in [-0.4, -0.2) is 16.1 Å². The molecule has 0 spiro atoms. The van der Waals surface area contributed by atoms with Gasteiger partial charge in [-0.15, -0.1) is 0 Å². The molecule has 1 aromatic rings. The van der Waals surface area contributed by atoms with E-state index in [0.29, 0.717) is 0 Å². The molecular weight excluding hydrogens is 258 g/mol. The molecule has 0 saturated heterocycles. The van der Waals surface area contributed by atoms with Crippen LogP contribution in [0.15, 0.2) is 22.9 Å². The summed E-state index contributed by atoms with van der Waals surface area (Å²) < 4.78 is 0.775. The van der Waals surface area contributed by atoms with Crippen molar-refractivity contribution in [3.8, 4) is 0 Å². The van der Waals surface area contributed by atoms with Crippen LogP contribution < -0.4 is 0 Å². The minimum Gasteiger partial charge on any atom is -0.481 e. The van der Waals surface area contributed by atoms with Crippen LogP contribution in [0.25, 0.3) is 0 Å². The number of carboxylic acid groups (broad SMARTS) is 1. The molecule has 1 fully saturated rings. The maximum absolute atomic E-state index is 11.0. The van der Waals surface area contributed by atoms with E-state index in [9.17, 15) is 4.79 Å². The summed E-state index contributed by atoms with van der Waals surface area (Å²) in [6, 6.07) is 3.79. The molecule has 1 aliphatic carbocycles. The summed E-state index contributed by atoms with van der Waals surface area (Å²) in [5.74, 6) is -0.899. The lowest BCUT2D eigenvalue weighted by Gasteiger charge is -2.01. The van der Waals surface area contributed by atoms with Crippen molar-refractivity contribution in [3.63, 3.8) is 0 Å². The van der Waals surface area contributed by atoms with E-state index in [-0.39, 0.29) is 17.3 Å². The molecule has 1 aromatic heterocycles. The van der Waals surface area contributed by atoms with Crippen molar-refractivity contribution in [2.45, 2.75) is 19.8 Å². The molecule has 0 bridgehead atoms. The number of hydrogen-bond donors (Lipinski definition) is 1. The van der Waals surface area contributed by atoms with Crippen LogP contribution in [0.5, 0.6) is 0 Å². The van der Waals surface area contributed by atoms with Gasteiger partial charge in [0.1, 0.15) is 4.60 Å². The molecule has 2 unspecified atom stereocenters. The number of aliphatic carboxylic acids is 1. The van der Waals surface area contributed by atoms with E-state index in [2.05, 4.69) is 20.9 Å². The van der Waals surface area contributed by atoms with Crippen molar-refractivity contribution in [2.75, 3.05) is 0 Å². The Bertz CT molecular complexity index is 400. The summed E-state index contributed by atoms with van der Waals surface area (Å²) in [6.07, 6.45) is 1.75. The molecule has 80 valence electrons. The average molecular weight is 270 g/mol. The van der Waals surface area contributed by atoms with Gasteiger partial charge in [-0.1, -0.05) is 19.9 Å². The second kappa shape index (κ2) is 3.30. The molecule has 4 heteroatoms. The largest absolute Gasteiger partial charge is 0.481 e. The third-order valence-corrected chi connectivity index (χ3v) is 3.67. The zero-order valence-electron chi connectivity index (χ0n) is 8.57. The van der Waals surface area contributed by atoms with Gasteiger partial charge in [0.05, 0.1) is 5.92 Å². The van der Waals surface area contributed by atoms with E-state index >= 15 is 0 Å². The quantitative estimate of drug-likeness (QED) is 0.840. The van der Waals surface area contributed by atoms with Crippen molar-refractivity contribution >= 4 is 21.9 Å².